The number of fused-ring (bicyclic) bond motifs is 1. The van der Waals surface area contributed by atoms with Crippen LogP contribution in [0, 0.1) is 0 Å². The largest absolute Gasteiger partial charge is 0.421 e. The van der Waals surface area contributed by atoms with Crippen molar-refractivity contribution in [1.82, 2.24) is 14.5 Å². The van der Waals surface area contributed by atoms with Crippen LogP contribution in [0.4, 0.5) is 0 Å². The minimum Gasteiger partial charge on any atom is -0.407 e. The van der Waals surface area contributed by atoms with Gasteiger partial charge in [0.15, 0.2) is 5.58 Å². The van der Waals surface area contributed by atoms with Crippen molar-refractivity contribution in [2.45, 2.75) is 32.4 Å². The zero-order valence-corrected chi connectivity index (χ0v) is 18.1. The van der Waals surface area contributed by atoms with Crippen molar-refractivity contribution in [3.8, 4) is 11.3 Å². The van der Waals surface area contributed by atoms with Crippen LogP contribution in [0.25, 0.3) is 22.4 Å². The van der Waals surface area contributed by atoms with Gasteiger partial charge in [-0.15, -0.1) is 0 Å². The molecule has 6 nitrogen and oxygen atoms in total. The van der Waals surface area contributed by atoms with Crippen LogP contribution >= 0.6 is 27.5 Å². The van der Waals surface area contributed by atoms with Gasteiger partial charge in [0.05, 0.1) is 23.1 Å². The number of ether oxygens (including phenoxy) is 1. The third kappa shape index (κ3) is 4.25. The van der Waals surface area contributed by atoms with Gasteiger partial charge in [0.1, 0.15) is 16.9 Å². The molecule has 0 saturated carbocycles. The highest BCUT2D eigenvalue weighted by molar-refractivity contribution is 9.10. The normalized spacial score (nSPS) is 12.0. The van der Waals surface area contributed by atoms with Crippen LogP contribution in [-0.2, 0) is 11.5 Å². The number of benzene rings is 1. The van der Waals surface area contributed by atoms with Crippen LogP contribution in [0.15, 0.2) is 38.3 Å². The van der Waals surface area contributed by atoms with Crippen LogP contribution in [0.5, 0.6) is 0 Å². The summed E-state index contributed by atoms with van der Waals surface area (Å²) < 4.78 is 13.2. The Morgan fingerprint density at radius 1 is 1.27 bits per heavy atom. The molecule has 0 saturated heterocycles. The molecule has 3 aromatic rings. The summed E-state index contributed by atoms with van der Waals surface area (Å²) in [5.41, 5.74) is 2.14. The van der Waals surface area contributed by atoms with Crippen molar-refractivity contribution in [2.24, 2.45) is 0 Å². The number of aromatic nitrogens is 3. The molecule has 26 heavy (non-hydrogen) atoms. The molecule has 0 fully saturated rings. The van der Waals surface area contributed by atoms with Crippen molar-refractivity contribution in [1.29, 1.82) is 0 Å². The molecule has 0 aliphatic carbocycles. The van der Waals surface area contributed by atoms with Gasteiger partial charge in [-0.3, -0.25) is 4.98 Å². The zero-order valence-electron chi connectivity index (χ0n) is 14.8. The average Bonchev–Trinajstić information content (AvgIpc) is 2.89. The van der Waals surface area contributed by atoms with Gasteiger partial charge in [0.25, 0.3) is 0 Å². The van der Waals surface area contributed by atoms with Crippen LogP contribution in [-0.4, -0.2) is 29.2 Å². The number of hydrogen-bond acceptors (Lipinski definition) is 5. The Morgan fingerprint density at radius 2 is 2.04 bits per heavy atom. The Kier molecular flexibility index (Phi) is 5.66. The van der Waals surface area contributed by atoms with E-state index in [2.05, 4.69) is 45.5 Å². The Balaban J connectivity index is 1.96. The van der Waals surface area contributed by atoms with E-state index in [1.54, 1.807) is 24.5 Å². The van der Waals surface area contributed by atoms with Gasteiger partial charge in [-0.05, 0) is 34.1 Å². The fraction of sp³-hybridized carbons (Fsp3) is 0.353. The van der Waals surface area contributed by atoms with Gasteiger partial charge < -0.3 is 9.15 Å². The molecule has 138 valence electrons. The number of hydrogen-bond donors (Lipinski definition) is 0. The molecule has 1 aromatic carbocycles. The van der Waals surface area contributed by atoms with E-state index in [4.69, 9.17) is 20.8 Å². The maximum absolute atomic E-state index is 12.3. The lowest BCUT2D eigenvalue weighted by Crippen LogP contribution is -2.23. The summed E-state index contributed by atoms with van der Waals surface area (Å²) in [6, 6.07) is 4.50. The third-order valence-electron chi connectivity index (χ3n) is 3.87. The molecule has 0 aliphatic heterocycles. The van der Waals surface area contributed by atoms with E-state index >= 15 is 0 Å². The summed E-state index contributed by atoms with van der Waals surface area (Å²) >= 11 is 9.59. The lowest BCUT2D eigenvalue weighted by molar-refractivity contribution is 0.0850. The second kappa shape index (κ2) is 7.64. The molecule has 2 heterocycles. The summed E-state index contributed by atoms with van der Waals surface area (Å²) in [5.74, 6) is -0.507. The number of oxazole rings is 1. The second-order valence-corrected chi connectivity index (χ2v) is 14.0. The molecule has 0 spiro atoms. The van der Waals surface area contributed by atoms with Gasteiger partial charge in [0.2, 0.25) is 0 Å². The smallest absolute Gasteiger partial charge is 0.407 e. The zero-order chi connectivity index (χ0) is 18.9. The first-order chi connectivity index (χ1) is 12.3. The quantitative estimate of drug-likeness (QED) is 0.394. The molecule has 0 aliphatic rings. The molecule has 0 N–H and O–H groups in total. The Morgan fingerprint density at radius 3 is 2.69 bits per heavy atom. The van der Waals surface area contributed by atoms with Crippen LogP contribution in [0.1, 0.15) is 0 Å². The first-order valence-electron chi connectivity index (χ1n) is 8.14. The molecule has 0 amide bonds. The highest BCUT2D eigenvalue weighted by Crippen LogP contribution is 2.31. The van der Waals surface area contributed by atoms with Crippen LogP contribution in [0.3, 0.4) is 0 Å². The highest BCUT2D eigenvalue weighted by Gasteiger charge is 2.19. The molecule has 0 atom stereocenters. The number of rotatable bonds is 6. The first-order valence-corrected chi connectivity index (χ1v) is 13.0. The monoisotopic (exact) mass is 455 g/mol. The van der Waals surface area contributed by atoms with Gasteiger partial charge in [-0.25, -0.2) is 14.3 Å². The van der Waals surface area contributed by atoms with Crippen molar-refractivity contribution in [2.75, 3.05) is 6.61 Å². The first kappa shape index (κ1) is 19.3. The standard InChI is InChI=1S/C17H19BrClN3O3Si/c1-26(2,3)7-6-24-10-22-15-12(19)5-4-11(16(15)25-17(22)23)13-8-21-14(18)9-20-13/h4-5,8-9H,6-7,10H2,1-3H3. The molecule has 0 radical (unpaired) electrons. The maximum atomic E-state index is 12.3. The molecule has 0 unspecified atom stereocenters. The minimum atomic E-state index is -1.20. The predicted octanol–water partition coefficient (Wildman–Crippen LogP) is 4.78. The lowest BCUT2D eigenvalue weighted by Gasteiger charge is -2.15. The van der Waals surface area contributed by atoms with E-state index in [9.17, 15) is 4.79 Å². The number of halogens is 2. The minimum absolute atomic E-state index is 0.103. The van der Waals surface area contributed by atoms with E-state index in [1.807, 2.05) is 0 Å². The Hall–Kier alpha value is -1.48. The lowest BCUT2D eigenvalue weighted by atomic mass is 10.1. The van der Waals surface area contributed by atoms with E-state index in [0.717, 1.165) is 6.04 Å². The van der Waals surface area contributed by atoms with Crippen molar-refractivity contribution in [3.63, 3.8) is 0 Å². The van der Waals surface area contributed by atoms with Gasteiger partial charge in [-0.2, -0.15) is 0 Å². The van der Waals surface area contributed by atoms with Gasteiger partial charge in [-0.1, -0.05) is 31.2 Å². The van der Waals surface area contributed by atoms with Gasteiger partial charge in [0, 0.05) is 20.2 Å². The molecule has 3 rings (SSSR count). The van der Waals surface area contributed by atoms with Crippen LogP contribution < -0.4 is 5.76 Å². The average molecular weight is 457 g/mol. The highest BCUT2D eigenvalue weighted by atomic mass is 79.9. The van der Waals surface area contributed by atoms with Gasteiger partial charge >= 0.3 is 5.76 Å². The van der Waals surface area contributed by atoms with Crippen molar-refractivity contribution in [3.05, 3.63) is 44.7 Å². The summed E-state index contributed by atoms with van der Waals surface area (Å²) in [6.07, 6.45) is 3.19. The second-order valence-electron chi connectivity index (χ2n) is 7.14. The molecule has 0 bridgehead atoms. The SMILES string of the molecule is C[Si](C)(C)CCOCn1c(=O)oc2c(-c3cnc(Br)cn3)ccc(Cl)c21. The van der Waals surface area contributed by atoms with E-state index in [1.165, 1.54) is 4.57 Å². The van der Waals surface area contributed by atoms with Crippen molar-refractivity contribution >= 4 is 46.7 Å². The summed E-state index contributed by atoms with van der Waals surface area (Å²) in [5, 5.41) is 0.425. The molecular weight excluding hydrogens is 438 g/mol. The maximum Gasteiger partial charge on any atom is 0.421 e. The topological polar surface area (TPSA) is 70.2 Å². The van der Waals surface area contributed by atoms with Crippen LogP contribution in [0.2, 0.25) is 30.7 Å². The number of nitrogens with zero attached hydrogens (tertiary/aromatic N) is 3. The van der Waals surface area contributed by atoms with E-state index in [0.29, 0.717) is 38.6 Å². The summed E-state index contributed by atoms with van der Waals surface area (Å²) in [7, 11) is -1.20. The fourth-order valence-electron chi connectivity index (χ4n) is 2.44. The molecule has 2 aromatic heterocycles. The third-order valence-corrected chi connectivity index (χ3v) is 6.29. The summed E-state index contributed by atoms with van der Waals surface area (Å²) in [6.45, 7) is 7.53. The van der Waals surface area contributed by atoms with E-state index < -0.39 is 13.8 Å². The fourth-order valence-corrected chi connectivity index (χ4v) is 3.65. The Labute approximate surface area is 165 Å². The molecular formula is C17H19BrClN3O3Si. The molecule has 9 heteroatoms. The van der Waals surface area contributed by atoms with Crippen molar-refractivity contribution < 1.29 is 9.15 Å². The Bertz CT molecular complexity index is 980. The summed E-state index contributed by atoms with van der Waals surface area (Å²) in [4.78, 5) is 20.8. The predicted molar refractivity (Wildman–Crippen MR) is 108 cm³/mol. The van der Waals surface area contributed by atoms with E-state index in [-0.39, 0.29) is 6.73 Å².